The van der Waals surface area contributed by atoms with Crippen LogP contribution in [0.25, 0.3) is 0 Å². The Morgan fingerprint density at radius 1 is 1.14 bits per heavy atom. The molecule has 14 heteroatoms. The van der Waals surface area contributed by atoms with Crippen LogP contribution in [-0.4, -0.2) is 32.9 Å². The predicted octanol–water partition coefficient (Wildman–Crippen LogP) is 5.98. The minimum Gasteiger partial charge on any atom is -0.294 e. The first-order valence-electron chi connectivity index (χ1n) is 9.82. The van der Waals surface area contributed by atoms with Crippen molar-refractivity contribution in [1.29, 1.82) is 0 Å². The zero-order valence-corrected chi connectivity index (χ0v) is 18.3. The lowest BCUT2D eigenvalue weighted by Gasteiger charge is -2.07. The summed E-state index contributed by atoms with van der Waals surface area (Å²) in [5.74, 6) is -1.44. The molecule has 3 rings (SSSR count). The summed E-state index contributed by atoms with van der Waals surface area (Å²) in [6.45, 7) is 0. The van der Waals surface area contributed by atoms with Gasteiger partial charge in [0, 0.05) is 17.7 Å². The summed E-state index contributed by atoms with van der Waals surface area (Å²) in [5.41, 5.74) is 0.0317. The lowest BCUT2D eigenvalue weighted by molar-refractivity contribution is -0.137. The quantitative estimate of drug-likeness (QED) is 0.0684. The molecule has 0 radical (unpaired) electrons. The number of rotatable bonds is 9. The number of thioether (sulfide) groups is 1. The van der Waals surface area contributed by atoms with E-state index in [0.717, 1.165) is 54.2 Å². The van der Waals surface area contributed by atoms with Crippen LogP contribution in [0.5, 0.6) is 0 Å². The molecule has 0 atom stereocenters. The van der Waals surface area contributed by atoms with Gasteiger partial charge < -0.3 is 0 Å². The number of carbonyl (C=O) groups is 1. The number of ketones is 1. The van der Waals surface area contributed by atoms with Crippen LogP contribution >= 0.6 is 11.8 Å². The molecule has 0 aliphatic carbocycles. The maximum atomic E-state index is 13.5. The summed E-state index contributed by atoms with van der Waals surface area (Å²) >= 11 is 1.08. The molecule has 0 bridgehead atoms. The second-order valence-electron chi connectivity index (χ2n) is 6.95. The number of aromatic nitrogens is 2. The Labute approximate surface area is 198 Å². The van der Waals surface area contributed by atoms with E-state index in [1.165, 1.54) is 0 Å². The molecule has 0 aliphatic rings. The second-order valence-corrected chi connectivity index (χ2v) is 8.03. The maximum absolute atomic E-state index is 13.5. The van der Waals surface area contributed by atoms with Crippen molar-refractivity contribution in [3.05, 3.63) is 70.7 Å². The minimum absolute atomic E-state index is 0.0458. The fraction of sp³-hybridized carbons (Fsp3) is 0.238. The summed E-state index contributed by atoms with van der Waals surface area (Å²) in [4.78, 5) is 16.1. The first-order chi connectivity index (χ1) is 16.6. The summed E-state index contributed by atoms with van der Waals surface area (Å²) in [6, 6.07) is 6.63. The molecular formula is C21H16F6N4O3S. The molecule has 7 nitrogen and oxygen atoms in total. The number of nitrogens with one attached hydrogen (secondary N) is 1. The van der Waals surface area contributed by atoms with Gasteiger partial charge in [-0.15, -0.1) is 11.8 Å². The Morgan fingerprint density at radius 2 is 1.86 bits per heavy atom. The molecule has 1 aromatic heterocycles. The molecule has 0 saturated heterocycles. The fourth-order valence-electron chi connectivity index (χ4n) is 2.84. The maximum Gasteiger partial charge on any atom is 0.416 e. The number of hydrogen-bond donors (Lipinski definition) is 2. The number of amidine groups is 1. The molecule has 2 aromatic carbocycles. The number of carbonyl (C=O) groups excluding carboxylic acids is 1. The molecule has 1 heterocycles. The van der Waals surface area contributed by atoms with Crippen LogP contribution in [-0.2, 0) is 6.18 Å². The highest BCUT2D eigenvalue weighted by atomic mass is 32.2. The molecule has 35 heavy (non-hydrogen) atoms. The second kappa shape index (κ2) is 11.4. The highest BCUT2D eigenvalue weighted by Crippen LogP contribution is 2.30. The lowest BCUT2D eigenvalue weighted by atomic mass is 10.1. The smallest absolute Gasteiger partial charge is 0.294 e. The number of hydroxylamine groups is 1. The SMILES string of the molecule is O=C(CCCSc1nonc1C(=Nc1ccc(F)c(C(F)F)c1)NO)c1ccc(C(F)(F)F)cc1. The van der Waals surface area contributed by atoms with Crippen LogP contribution < -0.4 is 5.48 Å². The fourth-order valence-corrected chi connectivity index (χ4v) is 3.68. The van der Waals surface area contributed by atoms with Gasteiger partial charge in [0.1, 0.15) is 5.82 Å². The van der Waals surface area contributed by atoms with Crippen LogP contribution in [0.15, 0.2) is 57.1 Å². The van der Waals surface area contributed by atoms with Crippen molar-refractivity contribution < 1.29 is 41.0 Å². The van der Waals surface area contributed by atoms with Gasteiger partial charge in [0.2, 0.25) is 0 Å². The molecule has 186 valence electrons. The van der Waals surface area contributed by atoms with E-state index in [1.54, 1.807) is 5.48 Å². The highest BCUT2D eigenvalue weighted by molar-refractivity contribution is 7.99. The first-order valence-corrected chi connectivity index (χ1v) is 10.8. The number of aliphatic imine (C=N–C) groups is 1. The van der Waals surface area contributed by atoms with E-state index < -0.39 is 29.5 Å². The zero-order valence-electron chi connectivity index (χ0n) is 17.5. The highest BCUT2D eigenvalue weighted by Gasteiger charge is 2.30. The van der Waals surface area contributed by atoms with Gasteiger partial charge >= 0.3 is 6.18 Å². The molecular weight excluding hydrogens is 502 g/mol. The monoisotopic (exact) mass is 518 g/mol. The van der Waals surface area contributed by atoms with Crippen LogP contribution in [0, 0.1) is 5.82 Å². The number of benzene rings is 2. The van der Waals surface area contributed by atoms with Crippen LogP contribution in [0.3, 0.4) is 0 Å². The van der Waals surface area contributed by atoms with Crippen molar-refractivity contribution in [2.24, 2.45) is 4.99 Å². The minimum atomic E-state index is -4.49. The summed E-state index contributed by atoms with van der Waals surface area (Å²) in [6.07, 6.45) is -7.19. The van der Waals surface area contributed by atoms with Gasteiger partial charge in [0.25, 0.3) is 6.43 Å². The van der Waals surface area contributed by atoms with E-state index in [0.29, 0.717) is 12.2 Å². The van der Waals surface area contributed by atoms with E-state index in [-0.39, 0.29) is 40.0 Å². The normalized spacial score (nSPS) is 12.3. The third-order valence-corrected chi connectivity index (χ3v) is 5.60. The van der Waals surface area contributed by atoms with Crippen molar-refractivity contribution in [1.82, 2.24) is 15.8 Å². The molecule has 0 unspecified atom stereocenters. The van der Waals surface area contributed by atoms with Gasteiger partial charge in [-0.3, -0.25) is 15.5 Å². The third-order valence-electron chi connectivity index (χ3n) is 4.57. The van der Waals surface area contributed by atoms with Gasteiger partial charge in [-0.2, -0.15) is 13.2 Å². The van der Waals surface area contributed by atoms with E-state index in [2.05, 4.69) is 19.9 Å². The van der Waals surface area contributed by atoms with Crippen LogP contribution in [0.2, 0.25) is 0 Å². The number of hydrogen-bond acceptors (Lipinski definition) is 7. The van der Waals surface area contributed by atoms with Gasteiger partial charge in [-0.1, -0.05) is 12.1 Å². The van der Waals surface area contributed by atoms with E-state index in [1.807, 2.05) is 0 Å². The van der Waals surface area contributed by atoms with Crippen molar-refractivity contribution >= 4 is 29.1 Å². The van der Waals surface area contributed by atoms with Crippen LogP contribution in [0.4, 0.5) is 32.0 Å². The van der Waals surface area contributed by atoms with Gasteiger partial charge in [-0.25, -0.2) is 22.8 Å². The van der Waals surface area contributed by atoms with Gasteiger partial charge in [0.05, 0.1) is 16.8 Å². The van der Waals surface area contributed by atoms with Crippen molar-refractivity contribution in [2.75, 3.05) is 5.75 Å². The van der Waals surface area contributed by atoms with E-state index in [4.69, 9.17) is 0 Å². The average molecular weight is 518 g/mol. The number of halogens is 6. The largest absolute Gasteiger partial charge is 0.416 e. The van der Waals surface area contributed by atoms with E-state index in [9.17, 15) is 36.3 Å². The van der Waals surface area contributed by atoms with Crippen molar-refractivity contribution in [3.8, 4) is 0 Å². The zero-order chi connectivity index (χ0) is 25.6. The topological polar surface area (TPSA) is 101 Å². The average Bonchev–Trinajstić information content (AvgIpc) is 3.28. The number of nitrogens with zero attached hydrogens (tertiary/aromatic N) is 3. The predicted molar refractivity (Wildman–Crippen MR) is 113 cm³/mol. The first kappa shape index (κ1) is 26.2. The molecule has 3 aromatic rings. The van der Waals surface area contributed by atoms with Gasteiger partial charge in [-0.05, 0) is 47.1 Å². The molecule has 2 N–H and O–H groups in total. The standard InChI is InChI=1S/C21H16F6N4O3S/c22-15-8-7-13(10-14(15)18(23)24)28-19(29-33)17-20(31-34-30-17)35-9-1-2-16(32)11-3-5-12(6-4-11)21(25,26)27/h3-8,10,18,33H,1-2,9H2,(H,28,29). The Balaban J connectivity index is 1.61. The number of Topliss-reactive ketones (excluding diaryl/α,β-unsaturated/α-hetero) is 1. The summed E-state index contributed by atoms with van der Waals surface area (Å²) in [5, 5.41) is 16.9. The van der Waals surface area contributed by atoms with Gasteiger partial charge in [0.15, 0.2) is 22.3 Å². The Bertz CT molecular complexity index is 1200. The third kappa shape index (κ3) is 6.82. The van der Waals surface area contributed by atoms with Crippen LogP contribution in [0.1, 0.15) is 46.4 Å². The molecule has 0 spiro atoms. The summed E-state index contributed by atoms with van der Waals surface area (Å²) in [7, 11) is 0. The van der Waals surface area contributed by atoms with Crippen molar-refractivity contribution in [2.45, 2.75) is 30.5 Å². The Morgan fingerprint density at radius 3 is 2.49 bits per heavy atom. The molecule has 0 fully saturated rings. The molecule has 0 amide bonds. The number of alkyl halides is 5. The summed E-state index contributed by atoms with van der Waals surface area (Å²) < 4.78 is 81.8. The Hall–Kier alpha value is -3.39. The molecule has 0 aliphatic heterocycles. The van der Waals surface area contributed by atoms with Crippen molar-refractivity contribution in [3.63, 3.8) is 0 Å². The lowest BCUT2D eigenvalue weighted by Crippen LogP contribution is -2.21. The van der Waals surface area contributed by atoms with E-state index >= 15 is 0 Å². The Kier molecular flexibility index (Phi) is 8.51. The molecule has 0 saturated carbocycles.